The highest BCUT2D eigenvalue weighted by Gasteiger charge is 2.30. The second kappa shape index (κ2) is 3.14. The van der Waals surface area contributed by atoms with E-state index in [1.165, 1.54) is 12.1 Å². The number of ether oxygens (including phenoxy) is 2. The van der Waals surface area contributed by atoms with Crippen molar-refractivity contribution in [2.75, 3.05) is 6.79 Å². The lowest BCUT2D eigenvalue weighted by atomic mass is 10.1. The van der Waals surface area contributed by atoms with Crippen LogP contribution in [0.2, 0.25) is 0 Å². The van der Waals surface area contributed by atoms with Crippen molar-refractivity contribution < 1.29 is 18.7 Å². The van der Waals surface area contributed by atoms with Crippen LogP contribution in [0.15, 0.2) is 24.3 Å². The summed E-state index contributed by atoms with van der Waals surface area (Å²) in [6, 6.07) is 5.99. The van der Waals surface area contributed by atoms with Crippen LogP contribution in [0, 0.1) is 5.82 Å². The summed E-state index contributed by atoms with van der Waals surface area (Å²) in [4.78, 5) is 11.0. The lowest BCUT2D eigenvalue weighted by Crippen LogP contribution is -2.08. The zero-order chi connectivity index (χ0) is 9.26. The number of cyclic esters (lactones) is 1. The van der Waals surface area contributed by atoms with Gasteiger partial charge >= 0.3 is 5.97 Å². The Bertz CT molecular complexity index is 337. The third-order valence-electron chi connectivity index (χ3n) is 1.84. The molecule has 1 aliphatic rings. The summed E-state index contributed by atoms with van der Waals surface area (Å²) in [5, 5.41) is 0. The molecule has 1 aromatic rings. The number of carbonyl (C=O) groups excluding carboxylic acids is 1. The molecule has 0 N–H and O–H groups in total. The van der Waals surface area contributed by atoms with Gasteiger partial charge < -0.3 is 9.47 Å². The summed E-state index contributed by atoms with van der Waals surface area (Å²) in [7, 11) is 0. The molecule has 0 amide bonds. The number of halogens is 1. The van der Waals surface area contributed by atoms with Gasteiger partial charge in [0.05, 0.1) is 0 Å². The first-order chi connectivity index (χ1) is 6.29. The molecule has 0 aromatic heterocycles. The van der Waals surface area contributed by atoms with Crippen molar-refractivity contribution in [3.8, 4) is 0 Å². The van der Waals surface area contributed by atoms with Crippen molar-refractivity contribution in [1.29, 1.82) is 0 Å². The molecular formula is C9H7FO3. The molecule has 68 valence electrons. The van der Waals surface area contributed by atoms with Crippen molar-refractivity contribution in [2.45, 2.75) is 6.10 Å². The zero-order valence-electron chi connectivity index (χ0n) is 6.70. The van der Waals surface area contributed by atoms with E-state index < -0.39 is 17.9 Å². The van der Waals surface area contributed by atoms with Crippen LogP contribution < -0.4 is 0 Å². The van der Waals surface area contributed by atoms with Crippen LogP contribution in [-0.2, 0) is 14.3 Å². The summed E-state index contributed by atoms with van der Waals surface area (Å²) in [6.45, 7) is -0.0994. The molecule has 13 heavy (non-hydrogen) atoms. The first kappa shape index (κ1) is 8.19. The summed E-state index contributed by atoms with van der Waals surface area (Å²) < 4.78 is 22.6. The SMILES string of the molecule is O=C1OCOC1c1ccccc1F. The van der Waals surface area contributed by atoms with E-state index in [4.69, 9.17) is 4.74 Å². The maximum atomic E-state index is 13.1. The summed E-state index contributed by atoms with van der Waals surface area (Å²) in [5.74, 6) is -0.989. The van der Waals surface area contributed by atoms with E-state index in [-0.39, 0.29) is 12.4 Å². The van der Waals surface area contributed by atoms with Gasteiger partial charge in [0.15, 0.2) is 12.9 Å². The van der Waals surface area contributed by atoms with Crippen molar-refractivity contribution >= 4 is 5.97 Å². The maximum absolute atomic E-state index is 13.1. The Morgan fingerprint density at radius 1 is 1.38 bits per heavy atom. The van der Waals surface area contributed by atoms with Crippen molar-refractivity contribution in [3.05, 3.63) is 35.6 Å². The van der Waals surface area contributed by atoms with Crippen molar-refractivity contribution in [1.82, 2.24) is 0 Å². The Morgan fingerprint density at radius 3 is 2.77 bits per heavy atom. The first-order valence-electron chi connectivity index (χ1n) is 3.81. The van der Waals surface area contributed by atoms with E-state index in [9.17, 15) is 9.18 Å². The second-order valence-electron chi connectivity index (χ2n) is 2.65. The monoisotopic (exact) mass is 182 g/mol. The molecule has 1 aromatic carbocycles. The Kier molecular flexibility index (Phi) is 1.98. The normalized spacial score (nSPS) is 21.6. The Labute approximate surface area is 74.1 Å². The summed E-state index contributed by atoms with van der Waals surface area (Å²) in [6.07, 6.45) is -0.902. The minimum Gasteiger partial charge on any atom is -0.436 e. The van der Waals surface area contributed by atoms with Gasteiger partial charge in [-0.1, -0.05) is 18.2 Å². The minimum atomic E-state index is -0.902. The molecule has 0 bridgehead atoms. The molecule has 2 rings (SSSR count). The number of carbonyl (C=O) groups is 1. The highest BCUT2D eigenvalue weighted by Crippen LogP contribution is 2.25. The van der Waals surface area contributed by atoms with Crippen LogP contribution >= 0.6 is 0 Å². The van der Waals surface area contributed by atoms with Gasteiger partial charge in [0.2, 0.25) is 0 Å². The Balaban J connectivity index is 2.34. The predicted molar refractivity (Wildman–Crippen MR) is 41.2 cm³/mol. The molecule has 1 fully saturated rings. The van der Waals surface area contributed by atoms with Gasteiger partial charge in [0, 0.05) is 5.56 Å². The standard InChI is InChI=1S/C9H7FO3/c10-7-4-2-1-3-6(7)8-9(11)13-5-12-8/h1-4,8H,5H2. The number of benzene rings is 1. The molecule has 1 saturated heterocycles. The molecule has 0 aliphatic carbocycles. The van der Waals surface area contributed by atoms with Crippen LogP contribution in [0.3, 0.4) is 0 Å². The Morgan fingerprint density at radius 2 is 2.15 bits per heavy atom. The molecule has 0 radical (unpaired) electrons. The van der Waals surface area contributed by atoms with Crippen molar-refractivity contribution in [3.63, 3.8) is 0 Å². The molecule has 1 unspecified atom stereocenters. The first-order valence-corrected chi connectivity index (χ1v) is 3.81. The molecule has 3 nitrogen and oxygen atoms in total. The van der Waals surface area contributed by atoms with Gasteiger partial charge in [-0.25, -0.2) is 9.18 Å². The topological polar surface area (TPSA) is 35.5 Å². The average molecular weight is 182 g/mol. The number of esters is 1. The molecule has 1 atom stereocenters. The summed E-state index contributed by atoms with van der Waals surface area (Å²) >= 11 is 0. The van der Waals surface area contributed by atoms with E-state index in [2.05, 4.69) is 4.74 Å². The highest BCUT2D eigenvalue weighted by molar-refractivity contribution is 5.77. The van der Waals surface area contributed by atoms with Crippen LogP contribution in [-0.4, -0.2) is 12.8 Å². The Hall–Kier alpha value is -1.42. The van der Waals surface area contributed by atoms with E-state index in [0.29, 0.717) is 0 Å². The quantitative estimate of drug-likeness (QED) is 0.616. The number of hydrogen-bond acceptors (Lipinski definition) is 3. The minimum absolute atomic E-state index is 0.0994. The molecule has 1 aliphatic heterocycles. The zero-order valence-corrected chi connectivity index (χ0v) is 6.70. The van der Waals surface area contributed by atoms with Gasteiger partial charge in [0.1, 0.15) is 5.82 Å². The van der Waals surface area contributed by atoms with Crippen LogP contribution in [0.25, 0.3) is 0 Å². The van der Waals surface area contributed by atoms with Gasteiger partial charge in [-0.2, -0.15) is 0 Å². The second-order valence-corrected chi connectivity index (χ2v) is 2.65. The highest BCUT2D eigenvalue weighted by atomic mass is 19.1. The van der Waals surface area contributed by atoms with E-state index >= 15 is 0 Å². The van der Waals surface area contributed by atoms with Crippen LogP contribution in [0.5, 0.6) is 0 Å². The van der Waals surface area contributed by atoms with Gasteiger partial charge in [-0.05, 0) is 6.07 Å². The van der Waals surface area contributed by atoms with E-state index in [1.807, 2.05) is 0 Å². The van der Waals surface area contributed by atoms with Gasteiger partial charge in [0.25, 0.3) is 0 Å². The fraction of sp³-hybridized carbons (Fsp3) is 0.222. The number of rotatable bonds is 1. The third kappa shape index (κ3) is 1.40. The predicted octanol–water partition coefficient (Wildman–Crippen LogP) is 1.40. The molecule has 0 spiro atoms. The van der Waals surface area contributed by atoms with E-state index in [0.717, 1.165) is 0 Å². The molecule has 1 heterocycles. The number of hydrogen-bond donors (Lipinski definition) is 0. The molecule has 4 heteroatoms. The third-order valence-corrected chi connectivity index (χ3v) is 1.84. The molecule has 0 saturated carbocycles. The van der Waals surface area contributed by atoms with Crippen LogP contribution in [0.1, 0.15) is 11.7 Å². The average Bonchev–Trinajstić information content (AvgIpc) is 2.52. The van der Waals surface area contributed by atoms with Gasteiger partial charge in [-0.15, -0.1) is 0 Å². The fourth-order valence-corrected chi connectivity index (χ4v) is 1.21. The fourth-order valence-electron chi connectivity index (χ4n) is 1.21. The van der Waals surface area contributed by atoms with Crippen LogP contribution in [0.4, 0.5) is 4.39 Å². The summed E-state index contributed by atoms with van der Waals surface area (Å²) in [5.41, 5.74) is 0.227. The lowest BCUT2D eigenvalue weighted by molar-refractivity contribution is -0.139. The van der Waals surface area contributed by atoms with E-state index in [1.54, 1.807) is 12.1 Å². The lowest BCUT2D eigenvalue weighted by Gasteiger charge is -2.05. The van der Waals surface area contributed by atoms with Crippen molar-refractivity contribution in [2.24, 2.45) is 0 Å². The maximum Gasteiger partial charge on any atom is 0.342 e. The smallest absolute Gasteiger partial charge is 0.342 e. The van der Waals surface area contributed by atoms with Gasteiger partial charge in [-0.3, -0.25) is 0 Å². The molecular weight excluding hydrogens is 175 g/mol. The largest absolute Gasteiger partial charge is 0.436 e.